The SMILES string of the molecule is C.C=CC.CC.CCCCCCC1CCCN1.CNC=O.CO. The molecule has 0 radical (unpaired) electrons. The lowest BCUT2D eigenvalue weighted by molar-refractivity contribution is -0.109. The minimum absolute atomic E-state index is 0. The molecule has 0 aliphatic carbocycles. The molecule has 0 aromatic rings. The van der Waals surface area contributed by atoms with E-state index in [9.17, 15) is 0 Å². The molecule has 1 rings (SSSR count). The van der Waals surface area contributed by atoms with Gasteiger partial charge in [0.1, 0.15) is 0 Å². The third kappa shape index (κ3) is 44.9. The van der Waals surface area contributed by atoms with Gasteiger partial charge in [0.15, 0.2) is 0 Å². The van der Waals surface area contributed by atoms with Crippen LogP contribution in [0.3, 0.4) is 0 Å². The number of rotatable bonds is 6. The van der Waals surface area contributed by atoms with Crippen LogP contribution in [-0.4, -0.2) is 38.3 Å². The maximum Gasteiger partial charge on any atom is 0.206 e. The molecule has 4 nitrogen and oxygen atoms in total. The number of carbonyl (C=O) groups is 1. The number of nitrogens with one attached hydrogen (secondary N) is 2. The first-order chi connectivity index (χ1) is 10.8. The fourth-order valence-corrected chi connectivity index (χ4v) is 1.82. The molecule has 1 saturated heterocycles. The summed E-state index contributed by atoms with van der Waals surface area (Å²) in [4.78, 5) is 9.06. The van der Waals surface area contributed by atoms with E-state index >= 15 is 0 Å². The Kier molecular flexibility index (Phi) is 62.8. The average Bonchev–Trinajstić information content (AvgIpc) is 3.10. The standard InChI is InChI=1S/C10H21N.C3H6.C2H5NO.C2H6.CH4O.CH4/c1-2-3-4-5-7-10-8-6-9-11-10;1-3-2;1-3-2-4;2*1-2;/h10-11H,2-9H2,1H3;3H,1H2,2H3;2H,1H3,(H,3,4);1-2H3;2H,1H3;1H4. The molecule has 4 heteroatoms. The van der Waals surface area contributed by atoms with Crippen molar-refractivity contribution in [2.75, 3.05) is 20.7 Å². The van der Waals surface area contributed by atoms with Gasteiger partial charge >= 0.3 is 0 Å². The maximum atomic E-state index is 9.06. The van der Waals surface area contributed by atoms with Crippen molar-refractivity contribution in [3.05, 3.63) is 12.7 Å². The lowest BCUT2D eigenvalue weighted by atomic mass is 10.1. The van der Waals surface area contributed by atoms with E-state index in [0.717, 1.165) is 13.2 Å². The van der Waals surface area contributed by atoms with Crippen LogP contribution in [0.1, 0.15) is 80.1 Å². The highest BCUT2D eigenvalue weighted by Crippen LogP contribution is 2.13. The number of amides is 1. The van der Waals surface area contributed by atoms with Gasteiger partial charge in [-0.15, -0.1) is 6.58 Å². The molecule has 1 amide bonds. The second-order valence-electron chi connectivity index (χ2n) is 4.46. The second kappa shape index (κ2) is 42.9. The molecule has 0 aromatic heterocycles. The third-order valence-corrected chi connectivity index (χ3v) is 2.69. The predicted octanol–water partition coefficient (Wildman–Crippen LogP) is 4.53. The lowest BCUT2D eigenvalue weighted by Crippen LogP contribution is -2.20. The lowest BCUT2D eigenvalue weighted by Gasteiger charge is -2.08. The molecule has 1 aliphatic heterocycles. The monoisotopic (exact) mass is 334 g/mol. The van der Waals surface area contributed by atoms with Crippen LogP contribution in [0.15, 0.2) is 12.7 Å². The summed E-state index contributed by atoms with van der Waals surface area (Å²) in [7, 11) is 2.56. The molecule has 1 fully saturated rings. The van der Waals surface area contributed by atoms with Gasteiger partial charge in [-0.05, 0) is 32.7 Å². The Morgan fingerprint density at radius 2 is 1.74 bits per heavy atom. The van der Waals surface area contributed by atoms with E-state index in [1.807, 2.05) is 20.8 Å². The van der Waals surface area contributed by atoms with Crippen molar-refractivity contribution >= 4 is 6.41 Å². The number of allylic oxidation sites excluding steroid dienone is 1. The normalized spacial score (nSPS) is 13.6. The fraction of sp³-hybridized carbons (Fsp3) is 0.842. The molecular weight excluding hydrogens is 288 g/mol. The summed E-state index contributed by atoms with van der Waals surface area (Å²) in [6.07, 6.45) is 12.3. The Balaban J connectivity index is -0.0000000762. The number of unbranched alkanes of at least 4 members (excludes halogenated alkanes) is 3. The summed E-state index contributed by atoms with van der Waals surface area (Å²) in [5.74, 6) is 0. The number of aliphatic hydroxyl groups is 1. The van der Waals surface area contributed by atoms with Gasteiger partial charge < -0.3 is 15.7 Å². The van der Waals surface area contributed by atoms with Crippen LogP contribution >= 0.6 is 0 Å². The molecule has 0 spiro atoms. The van der Waals surface area contributed by atoms with Gasteiger partial charge in [-0.25, -0.2) is 0 Å². The molecule has 23 heavy (non-hydrogen) atoms. The molecule has 0 saturated carbocycles. The fourth-order valence-electron chi connectivity index (χ4n) is 1.82. The van der Waals surface area contributed by atoms with Crippen molar-refractivity contribution in [3.8, 4) is 0 Å². The molecular formula is C19H46N2O2. The number of carbonyl (C=O) groups excluding carboxylic acids is 1. The summed E-state index contributed by atoms with van der Waals surface area (Å²) in [5, 5.41) is 12.8. The number of hydrogen-bond donors (Lipinski definition) is 3. The largest absolute Gasteiger partial charge is 0.400 e. The molecule has 144 valence electrons. The van der Waals surface area contributed by atoms with Crippen LogP contribution in [0.25, 0.3) is 0 Å². The van der Waals surface area contributed by atoms with Gasteiger partial charge in [-0.3, -0.25) is 4.79 Å². The van der Waals surface area contributed by atoms with Crippen molar-refractivity contribution in [2.24, 2.45) is 0 Å². The van der Waals surface area contributed by atoms with Gasteiger partial charge in [0, 0.05) is 20.2 Å². The molecule has 1 unspecified atom stereocenters. The average molecular weight is 335 g/mol. The zero-order valence-electron chi connectivity index (χ0n) is 16.0. The molecule has 3 N–H and O–H groups in total. The first-order valence-corrected chi connectivity index (χ1v) is 8.62. The van der Waals surface area contributed by atoms with Crippen molar-refractivity contribution < 1.29 is 9.90 Å². The summed E-state index contributed by atoms with van der Waals surface area (Å²) in [6.45, 7) is 12.8. The first-order valence-electron chi connectivity index (χ1n) is 8.62. The maximum absolute atomic E-state index is 9.06. The van der Waals surface area contributed by atoms with E-state index in [1.165, 1.54) is 51.5 Å². The Bertz CT molecular complexity index is 171. The first kappa shape index (κ1) is 33.7. The number of aliphatic hydroxyl groups excluding tert-OH is 1. The van der Waals surface area contributed by atoms with E-state index in [-0.39, 0.29) is 7.43 Å². The predicted molar refractivity (Wildman–Crippen MR) is 107 cm³/mol. The van der Waals surface area contributed by atoms with Crippen molar-refractivity contribution in [1.82, 2.24) is 10.6 Å². The van der Waals surface area contributed by atoms with E-state index in [4.69, 9.17) is 9.90 Å². The molecule has 0 aromatic carbocycles. The van der Waals surface area contributed by atoms with Crippen LogP contribution in [0.2, 0.25) is 0 Å². The van der Waals surface area contributed by atoms with E-state index in [2.05, 4.69) is 24.1 Å². The van der Waals surface area contributed by atoms with E-state index in [0.29, 0.717) is 6.41 Å². The van der Waals surface area contributed by atoms with Crippen LogP contribution in [-0.2, 0) is 4.79 Å². The Morgan fingerprint density at radius 1 is 1.26 bits per heavy atom. The van der Waals surface area contributed by atoms with Gasteiger partial charge in [-0.2, -0.15) is 0 Å². The summed E-state index contributed by atoms with van der Waals surface area (Å²) >= 11 is 0. The van der Waals surface area contributed by atoms with E-state index < -0.39 is 0 Å². The molecule has 1 heterocycles. The Labute approximate surface area is 147 Å². The number of hydrogen-bond acceptors (Lipinski definition) is 3. The van der Waals surface area contributed by atoms with Crippen molar-refractivity contribution in [2.45, 2.75) is 86.1 Å². The zero-order chi connectivity index (χ0) is 18.1. The second-order valence-corrected chi connectivity index (χ2v) is 4.46. The van der Waals surface area contributed by atoms with E-state index in [1.54, 1.807) is 13.1 Å². The molecule has 1 atom stereocenters. The van der Waals surface area contributed by atoms with Gasteiger partial charge in [-0.1, -0.05) is 60.0 Å². The van der Waals surface area contributed by atoms with Crippen LogP contribution in [0, 0.1) is 0 Å². The zero-order valence-corrected chi connectivity index (χ0v) is 16.0. The quantitative estimate of drug-likeness (QED) is 0.380. The topological polar surface area (TPSA) is 61.4 Å². The Morgan fingerprint density at radius 3 is 2.04 bits per heavy atom. The summed E-state index contributed by atoms with van der Waals surface area (Å²) in [5.41, 5.74) is 0. The third-order valence-electron chi connectivity index (χ3n) is 2.69. The van der Waals surface area contributed by atoms with Crippen LogP contribution in [0.4, 0.5) is 0 Å². The minimum Gasteiger partial charge on any atom is -0.400 e. The summed E-state index contributed by atoms with van der Waals surface area (Å²) in [6, 6.07) is 0.867. The molecule has 0 bridgehead atoms. The smallest absolute Gasteiger partial charge is 0.206 e. The van der Waals surface area contributed by atoms with Crippen molar-refractivity contribution in [1.29, 1.82) is 0 Å². The van der Waals surface area contributed by atoms with Gasteiger partial charge in [0.05, 0.1) is 0 Å². The highest BCUT2D eigenvalue weighted by atomic mass is 16.2. The summed E-state index contributed by atoms with van der Waals surface area (Å²) < 4.78 is 0. The minimum atomic E-state index is 0. The van der Waals surface area contributed by atoms with Crippen LogP contribution in [0.5, 0.6) is 0 Å². The van der Waals surface area contributed by atoms with Crippen LogP contribution < -0.4 is 10.6 Å². The van der Waals surface area contributed by atoms with Crippen molar-refractivity contribution in [3.63, 3.8) is 0 Å². The highest BCUT2D eigenvalue weighted by Gasteiger charge is 2.12. The van der Waals surface area contributed by atoms with Gasteiger partial charge in [0.2, 0.25) is 6.41 Å². The Hall–Kier alpha value is -0.870. The molecule has 1 aliphatic rings. The highest BCUT2D eigenvalue weighted by molar-refractivity contribution is 5.44. The van der Waals surface area contributed by atoms with Gasteiger partial charge in [0.25, 0.3) is 0 Å².